The Bertz CT molecular complexity index is 978. The number of aromatic nitrogens is 4. The number of hydrogen-bond donors (Lipinski definition) is 0. The smallest absolute Gasteiger partial charge is 0.254 e. The van der Waals surface area contributed by atoms with E-state index in [1.165, 1.54) is 5.56 Å². The molecule has 0 bridgehead atoms. The summed E-state index contributed by atoms with van der Waals surface area (Å²) < 4.78 is 1.84. The summed E-state index contributed by atoms with van der Waals surface area (Å²) in [4.78, 5) is 20.1. The molecule has 0 radical (unpaired) electrons. The van der Waals surface area contributed by atoms with Gasteiger partial charge in [0.15, 0.2) is 0 Å². The van der Waals surface area contributed by atoms with E-state index >= 15 is 0 Å². The summed E-state index contributed by atoms with van der Waals surface area (Å²) in [7, 11) is 0. The molecule has 3 aromatic rings. The lowest BCUT2D eigenvalue weighted by atomic mass is 9.89. The lowest BCUT2D eigenvalue weighted by molar-refractivity contribution is 0.0576. The SMILES string of the molecule is CCn1nnc2cc(C(=O)N(C(C)C)C3CCCc4cccnc43)ccc21. The molecule has 0 aliphatic heterocycles. The Kier molecular flexibility index (Phi) is 4.64. The van der Waals surface area contributed by atoms with Crippen molar-refractivity contribution >= 4 is 16.9 Å². The first-order chi connectivity index (χ1) is 13.1. The normalized spacial score (nSPS) is 16.5. The van der Waals surface area contributed by atoms with Gasteiger partial charge >= 0.3 is 0 Å². The first-order valence-electron chi connectivity index (χ1n) is 9.70. The van der Waals surface area contributed by atoms with Gasteiger partial charge in [-0.25, -0.2) is 4.68 Å². The minimum atomic E-state index is 0.0180. The molecule has 27 heavy (non-hydrogen) atoms. The Morgan fingerprint density at radius 1 is 1.33 bits per heavy atom. The standard InChI is InChI=1S/C21H25N5O/c1-4-25-18-11-10-16(13-17(18)23-24-25)21(27)26(14(2)3)19-9-5-7-15-8-6-12-22-20(15)19/h6,8,10-14,19H,4-5,7,9H2,1-3H3. The summed E-state index contributed by atoms with van der Waals surface area (Å²) >= 11 is 0. The van der Waals surface area contributed by atoms with E-state index in [-0.39, 0.29) is 18.0 Å². The maximum atomic E-state index is 13.5. The second kappa shape index (κ2) is 7.10. The van der Waals surface area contributed by atoms with Crippen molar-refractivity contribution in [2.24, 2.45) is 0 Å². The number of nitrogens with zero attached hydrogens (tertiary/aromatic N) is 5. The molecule has 1 atom stereocenters. The average molecular weight is 363 g/mol. The third-order valence-electron chi connectivity index (χ3n) is 5.35. The van der Waals surface area contributed by atoms with Gasteiger partial charge in [0.05, 0.1) is 17.3 Å². The largest absolute Gasteiger partial charge is 0.328 e. The Balaban J connectivity index is 1.72. The molecule has 0 saturated heterocycles. The summed E-state index contributed by atoms with van der Waals surface area (Å²) in [6, 6.07) is 9.89. The minimum absolute atomic E-state index is 0.0180. The third kappa shape index (κ3) is 3.09. The minimum Gasteiger partial charge on any atom is -0.328 e. The Labute approximate surface area is 159 Å². The molecule has 6 heteroatoms. The highest BCUT2D eigenvalue weighted by Gasteiger charge is 2.32. The molecule has 1 amide bonds. The fourth-order valence-electron chi connectivity index (χ4n) is 4.08. The van der Waals surface area contributed by atoms with Crippen molar-refractivity contribution < 1.29 is 4.79 Å². The Morgan fingerprint density at radius 3 is 2.96 bits per heavy atom. The van der Waals surface area contributed by atoms with Crippen molar-refractivity contribution in [3.63, 3.8) is 0 Å². The Morgan fingerprint density at radius 2 is 2.19 bits per heavy atom. The molecule has 2 heterocycles. The first-order valence-corrected chi connectivity index (χ1v) is 9.70. The van der Waals surface area contributed by atoms with E-state index in [1.807, 2.05) is 47.0 Å². The molecule has 2 aromatic heterocycles. The number of rotatable bonds is 4. The van der Waals surface area contributed by atoms with E-state index in [1.54, 1.807) is 0 Å². The van der Waals surface area contributed by atoms with Gasteiger partial charge in [-0.05, 0) is 69.9 Å². The van der Waals surface area contributed by atoms with Crippen LogP contribution in [-0.4, -0.2) is 36.8 Å². The fourth-order valence-corrected chi connectivity index (χ4v) is 4.08. The van der Waals surface area contributed by atoms with Crippen LogP contribution in [0.2, 0.25) is 0 Å². The van der Waals surface area contributed by atoms with Crippen molar-refractivity contribution in [3.05, 3.63) is 53.3 Å². The summed E-state index contributed by atoms with van der Waals surface area (Å²) in [5.41, 5.74) is 4.67. The highest BCUT2D eigenvalue weighted by Crippen LogP contribution is 2.35. The van der Waals surface area contributed by atoms with Crippen molar-refractivity contribution in [1.82, 2.24) is 24.9 Å². The van der Waals surface area contributed by atoms with Gasteiger partial charge < -0.3 is 4.90 Å². The molecule has 1 aliphatic carbocycles. The molecule has 0 fully saturated rings. The summed E-state index contributed by atoms with van der Waals surface area (Å²) in [5.74, 6) is 0.0291. The zero-order valence-electron chi connectivity index (χ0n) is 16.1. The number of amides is 1. The van der Waals surface area contributed by atoms with Crippen LogP contribution in [0.1, 0.15) is 61.3 Å². The molecule has 4 rings (SSSR count). The van der Waals surface area contributed by atoms with Gasteiger partial charge in [-0.15, -0.1) is 5.10 Å². The zero-order chi connectivity index (χ0) is 19.0. The number of pyridine rings is 1. The fraction of sp³-hybridized carbons (Fsp3) is 0.429. The van der Waals surface area contributed by atoms with Crippen LogP contribution < -0.4 is 0 Å². The van der Waals surface area contributed by atoms with Crippen molar-refractivity contribution in [3.8, 4) is 0 Å². The van der Waals surface area contributed by atoms with Crippen molar-refractivity contribution in [2.45, 2.75) is 58.7 Å². The first kappa shape index (κ1) is 17.6. The van der Waals surface area contributed by atoms with E-state index < -0.39 is 0 Å². The van der Waals surface area contributed by atoms with Crippen LogP contribution in [0.5, 0.6) is 0 Å². The Hall–Kier alpha value is -2.76. The number of fused-ring (bicyclic) bond motifs is 2. The maximum Gasteiger partial charge on any atom is 0.254 e. The number of aryl methyl sites for hydroxylation is 2. The molecule has 0 spiro atoms. The van der Waals surface area contributed by atoms with Crippen LogP contribution in [0, 0.1) is 0 Å². The van der Waals surface area contributed by atoms with Gasteiger partial charge in [0.2, 0.25) is 0 Å². The summed E-state index contributed by atoms with van der Waals surface area (Å²) in [6.07, 6.45) is 4.88. The quantitative estimate of drug-likeness (QED) is 0.708. The molecule has 1 aliphatic rings. The molecular weight excluding hydrogens is 338 g/mol. The maximum absolute atomic E-state index is 13.5. The van der Waals surface area contributed by atoms with Gasteiger partial charge in [0.25, 0.3) is 5.91 Å². The van der Waals surface area contributed by atoms with Crippen LogP contribution in [-0.2, 0) is 13.0 Å². The molecule has 6 nitrogen and oxygen atoms in total. The molecule has 1 aromatic carbocycles. The third-order valence-corrected chi connectivity index (χ3v) is 5.35. The van der Waals surface area contributed by atoms with Gasteiger partial charge in [-0.1, -0.05) is 11.3 Å². The van der Waals surface area contributed by atoms with E-state index in [9.17, 15) is 4.79 Å². The van der Waals surface area contributed by atoms with Gasteiger partial charge in [-0.2, -0.15) is 0 Å². The summed E-state index contributed by atoms with van der Waals surface area (Å²) in [5, 5.41) is 8.36. The molecule has 140 valence electrons. The molecule has 0 saturated carbocycles. The lowest BCUT2D eigenvalue weighted by Crippen LogP contribution is -2.41. The highest BCUT2D eigenvalue weighted by molar-refractivity contribution is 5.97. The highest BCUT2D eigenvalue weighted by atomic mass is 16.2. The number of hydrogen-bond acceptors (Lipinski definition) is 4. The number of carbonyl (C=O) groups is 1. The molecule has 1 unspecified atom stereocenters. The van der Waals surface area contributed by atoms with E-state index in [4.69, 9.17) is 0 Å². The monoisotopic (exact) mass is 363 g/mol. The van der Waals surface area contributed by atoms with Crippen molar-refractivity contribution in [2.75, 3.05) is 0 Å². The van der Waals surface area contributed by atoms with Gasteiger partial charge in [0, 0.05) is 24.3 Å². The summed E-state index contributed by atoms with van der Waals surface area (Å²) in [6.45, 7) is 6.93. The second-order valence-corrected chi connectivity index (χ2v) is 7.37. The molecule has 0 N–H and O–H groups in total. The predicted molar refractivity (Wildman–Crippen MR) is 104 cm³/mol. The van der Waals surface area contributed by atoms with E-state index in [0.717, 1.165) is 42.5 Å². The lowest BCUT2D eigenvalue weighted by Gasteiger charge is -2.37. The van der Waals surface area contributed by atoms with Crippen LogP contribution in [0.3, 0.4) is 0 Å². The average Bonchev–Trinajstić information content (AvgIpc) is 3.10. The van der Waals surface area contributed by atoms with Crippen LogP contribution >= 0.6 is 0 Å². The van der Waals surface area contributed by atoms with Crippen LogP contribution in [0.4, 0.5) is 0 Å². The molecular formula is C21H25N5O. The van der Waals surface area contributed by atoms with Gasteiger partial charge in [-0.3, -0.25) is 9.78 Å². The van der Waals surface area contributed by atoms with Crippen LogP contribution in [0.15, 0.2) is 36.5 Å². The topological polar surface area (TPSA) is 63.9 Å². The number of benzene rings is 1. The van der Waals surface area contributed by atoms with Gasteiger partial charge in [0.1, 0.15) is 5.52 Å². The predicted octanol–water partition coefficient (Wildman–Crippen LogP) is 3.77. The van der Waals surface area contributed by atoms with E-state index in [0.29, 0.717) is 5.56 Å². The second-order valence-electron chi connectivity index (χ2n) is 7.37. The zero-order valence-corrected chi connectivity index (χ0v) is 16.1. The van der Waals surface area contributed by atoms with Crippen LogP contribution in [0.25, 0.3) is 11.0 Å². The number of carbonyl (C=O) groups excluding carboxylic acids is 1. The van der Waals surface area contributed by atoms with Crippen molar-refractivity contribution in [1.29, 1.82) is 0 Å². The van der Waals surface area contributed by atoms with E-state index in [2.05, 4.69) is 35.2 Å².